The molecule has 3 nitrogen and oxygen atoms in total. The first-order valence-corrected chi connectivity index (χ1v) is 6.81. The van der Waals surface area contributed by atoms with Gasteiger partial charge in [0.2, 0.25) is 5.91 Å². The summed E-state index contributed by atoms with van der Waals surface area (Å²) in [4.78, 5) is 14.3. The Bertz CT molecular complexity index is 327. The van der Waals surface area contributed by atoms with E-state index in [4.69, 9.17) is 16.3 Å². The molecule has 2 fully saturated rings. The molecule has 1 saturated carbocycles. The number of rotatable bonds is 2. The molecule has 0 aromatic heterocycles. The van der Waals surface area contributed by atoms with Crippen LogP contribution in [0.5, 0.6) is 0 Å². The summed E-state index contributed by atoms with van der Waals surface area (Å²) in [6, 6.07) is 0. The molecule has 17 heavy (non-hydrogen) atoms. The third kappa shape index (κ3) is 2.76. The van der Waals surface area contributed by atoms with Gasteiger partial charge in [0.15, 0.2) is 0 Å². The van der Waals surface area contributed by atoms with Crippen LogP contribution in [0.3, 0.4) is 0 Å². The lowest BCUT2D eigenvalue weighted by Crippen LogP contribution is -2.55. The van der Waals surface area contributed by atoms with Gasteiger partial charge in [-0.3, -0.25) is 4.79 Å². The average Bonchev–Trinajstić information content (AvgIpc) is 2.84. The first-order chi connectivity index (χ1) is 7.75. The minimum atomic E-state index is -0.285. The Morgan fingerprint density at radius 2 is 2.00 bits per heavy atom. The molecule has 0 spiro atoms. The van der Waals surface area contributed by atoms with Crippen molar-refractivity contribution in [2.75, 3.05) is 19.0 Å². The largest absolute Gasteiger partial charge is 0.367 e. The summed E-state index contributed by atoms with van der Waals surface area (Å²) < 4.78 is 5.83. The molecule has 2 unspecified atom stereocenters. The van der Waals surface area contributed by atoms with Crippen LogP contribution in [-0.4, -0.2) is 41.5 Å². The number of carbonyl (C=O) groups excluding carboxylic acids is 1. The number of morpholine rings is 1. The van der Waals surface area contributed by atoms with E-state index in [1.165, 1.54) is 0 Å². The summed E-state index contributed by atoms with van der Waals surface area (Å²) in [5.41, 5.74) is -0.0948. The fourth-order valence-electron chi connectivity index (χ4n) is 2.65. The standard InChI is InChI=1S/C13H22ClNO2/c1-12(2)5-10(12)11(16)15-7-9(6-14)17-13(3,4)8-15/h9-10H,5-8H2,1-4H3. The zero-order valence-electron chi connectivity index (χ0n) is 11.1. The summed E-state index contributed by atoms with van der Waals surface area (Å²) in [6.07, 6.45) is 0.973. The van der Waals surface area contributed by atoms with Crippen molar-refractivity contribution < 1.29 is 9.53 Å². The van der Waals surface area contributed by atoms with Gasteiger partial charge in [0.05, 0.1) is 17.6 Å². The minimum absolute atomic E-state index is 0.0359. The van der Waals surface area contributed by atoms with Gasteiger partial charge in [-0.05, 0) is 25.7 Å². The number of hydrogen-bond donors (Lipinski definition) is 0. The third-order valence-corrected chi connectivity index (χ3v) is 4.12. The van der Waals surface area contributed by atoms with E-state index >= 15 is 0 Å². The van der Waals surface area contributed by atoms with E-state index in [2.05, 4.69) is 13.8 Å². The minimum Gasteiger partial charge on any atom is -0.367 e. The van der Waals surface area contributed by atoms with Crippen LogP contribution in [-0.2, 0) is 9.53 Å². The predicted octanol–water partition coefficient (Wildman–Crippen LogP) is 2.28. The Kier molecular flexibility index (Phi) is 3.20. The molecule has 0 radical (unpaired) electrons. The van der Waals surface area contributed by atoms with Gasteiger partial charge < -0.3 is 9.64 Å². The Labute approximate surface area is 108 Å². The SMILES string of the molecule is CC1(C)CN(C(=O)C2CC2(C)C)CC(CCl)O1. The van der Waals surface area contributed by atoms with E-state index < -0.39 is 0 Å². The quantitative estimate of drug-likeness (QED) is 0.712. The maximum atomic E-state index is 12.4. The van der Waals surface area contributed by atoms with Gasteiger partial charge in [-0.2, -0.15) is 0 Å². The van der Waals surface area contributed by atoms with Crippen molar-refractivity contribution in [3.8, 4) is 0 Å². The summed E-state index contributed by atoms with van der Waals surface area (Å²) in [5, 5.41) is 0. The second-order valence-electron chi connectivity index (χ2n) is 6.62. The van der Waals surface area contributed by atoms with E-state index in [0.29, 0.717) is 19.0 Å². The van der Waals surface area contributed by atoms with Crippen LogP contribution in [0, 0.1) is 11.3 Å². The number of halogens is 1. The molecule has 1 amide bonds. The van der Waals surface area contributed by atoms with Gasteiger partial charge in [-0.15, -0.1) is 11.6 Å². The number of ether oxygens (including phenoxy) is 1. The number of hydrogen-bond acceptors (Lipinski definition) is 2. The molecule has 0 bridgehead atoms. The van der Waals surface area contributed by atoms with Crippen LogP contribution in [0.15, 0.2) is 0 Å². The first-order valence-electron chi connectivity index (χ1n) is 6.28. The molecule has 2 rings (SSSR count). The summed E-state index contributed by atoms with van der Waals surface area (Å²) >= 11 is 5.87. The van der Waals surface area contributed by atoms with Gasteiger partial charge in [0.25, 0.3) is 0 Å². The van der Waals surface area contributed by atoms with Crippen LogP contribution in [0.25, 0.3) is 0 Å². The van der Waals surface area contributed by atoms with E-state index in [1.54, 1.807) is 0 Å². The van der Waals surface area contributed by atoms with Gasteiger partial charge >= 0.3 is 0 Å². The Morgan fingerprint density at radius 1 is 1.41 bits per heavy atom. The van der Waals surface area contributed by atoms with Crippen LogP contribution in [0.1, 0.15) is 34.1 Å². The highest BCUT2D eigenvalue weighted by Gasteiger charge is 2.53. The lowest BCUT2D eigenvalue weighted by molar-refractivity contribution is -0.159. The van der Waals surface area contributed by atoms with Crippen LogP contribution >= 0.6 is 11.6 Å². The third-order valence-electron chi connectivity index (χ3n) is 3.78. The molecule has 1 heterocycles. The lowest BCUT2D eigenvalue weighted by atomic mass is 10.0. The number of amides is 1. The molecule has 2 atom stereocenters. The van der Waals surface area contributed by atoms with Gasteiger partial charge in [0.1, 0.15) is 0 Å². The maximum absolute atomic E-state index is 12.4. The van der Waals surface area contributed by atoms with Crippen LogP contribution in [0.2, 0.25) is 0 Å². The number of carbonyl (C=O) groups is 1. The Hall–Kier alpha value is -0.280. The van der Waals surface area contributed by atoms with Crippen molar-refractivity contribution in [1.82, 2.24) is 4.90 Å². The second kappa shape index (κ2) is 4.13. The van der Waals surface area contributed by atoms with Crippen molar-refractivity contribution in [1.29, 1.82) is 0 Å². The zero-order valence-corrected chi connectivity index (χ0v) is 11.9. The van der Waals surface area contributed by atoms with Crippen LogP contribution in [0.4, 0.5) is 0 Å². The molecule has 4 heteroatoms. The molecule has 2 aliphatic rings. The average molecular weight is 260 g/mol. The smallest absolute Gasteiger partial charge is 0.226 e. The van der Waals surface area contributed by atoms with E-state index in [1.807, 2.05) is 18.7 Å². The molecule has 98 valence electrons. The van der Waals surface area contributed by atoms with E-state index in [-0.39, 0.29) is 28.9 Å². The fourth-order valence-corrected chi connectivity index (χ4v) is 2.81. The Balaban J connectivity index is 2.03. The monoisotopic (exact) mass is 259 g/mol. The van der Waals surface area contributed by atoms with Crippen molar-refractivity contribution in [3.05, 3.63) is 0 Å². The van der Waals surface area contributed by atoms with Gasteiger partial charge in [-0.1, -0.05) is 13.8 Å². The first kappa shape index (κ1) is 13.2. The summed E-state index contributed by atoms with van der Waals surface area (Å²) in [5.74, 6) is 0.926. The molecular formula is C13H22ClNO2. The molecule has 1 aliphatic heterocycles. The number of nitrogens with zero attached hydrogens (tertiary/aromatic N) is 1. The van der Waals surface area contributed by atoms with Crippen molar-refractivity contribution in [2.24, 2.45) is 11.3 Å². The fraction of sp³-hybridized carbons (Fsp3) is 0.923. The Morgan fingerprint density at radius 3 is 2.47 bits per heavy atom. The van der Waals surface area contributed by atoms with Gasteiger partial charge in [-0.25, -0.2) is 0 Å². The molecule has 0 aromatic carbocycles. The van der Waals surface area contributed by atoms with Crippen molar-refractivity contribution in [3.63, 3.8) is 0 Å². The highest BCUT2D eigenvalue weighted by Crippen LogP contribution is 2.52. The highest BCUT2D eigenvalue weighted by atomic mass is 35.5. The van der Waals surface area contributed by atoms with Crippen molar-refractivity contribution >= 4 is 17.5 Å². The van der Waals surface area contributed by atoms with Gasteiger partial charge in [0, 0.05) is 19.0 Å². The molecule has 0 aromatic rings. The van der Waals surface area contributed by atoms with E-state index in [9.17, 15) is 4.79 Å². The predicted molar refractivity (Wildman–Crippen MR) is 68.1 cm³/mol. The molecule has 1 aliphatic carbocycles. The summed E-state index contributed by atoms with van der Waals surface area (Å²) in [6.45, 7) is 9.65. The normalized spacial score (nSPS) is 34.5. The van der Waals surface area contributed by atoms with E-state index in [0.717, 1.165) is 6.42 Å². The highest BCUT2D eigenvalue weighted by molar-refractivity contribution is 6.18. The maximum Gasteiger partial charge on any atom is 0.226 e. The van der Waals surface area contributed by atoms with Crippen LogP contribution < -0.4 is 0 Å². The zero-order chi connectivity index (χ0) is 12.8. The lowest BCUT2D eigenvalue weighted by Gasteiger charge is -2.42. The summed E-state index contributed by atoms with van der Waals surface area (Å²) in [7, 11) is 0. The molecule has 1 saturated heterocycles. The topological polar surface area (TPSA) is 29.5 Å². The molecule has 0 N–H and O–H groups in total. The molecular weight excluding hydrogens is 238 g/mol. The number of alkyl halides is 1. The second-order valence-corrected chi connectivity index (χ2v) is 6.93. The van der Waals surface area contributed by atoms with Crippen molar-refractivity contribution in [2.45, 2.75) is 45.8 Å².